The van der Waals surface area contributed by atoms with Gasteiger partial charge in [0.25, 0.3) is 0 Å². The van der Waals surface area contributed by atoms with Gasteiger partial charge in [0, 0.05) is 15.8 Å². The molecule has 1 rings (SSSR count). The standard InChI is InChI=1S/C11H14BrN3O4S/c12-6-3-4-20-8(6)5-14-11(19)15-7(10(17)18)1-2-9(13)16/h3-4,7H,1-2,5H2,(H2,13,16)(H,17,18)(H2,14,15,19)/t7-/m0/s1. The Balaban J connectivity index is 2.43. The minimum absolute atomic E-state index is 0.0409. The minimum Gasteiger partial charge on any atom is -0.480 e. The second-order valence-electron chi connectivity index (χ2n) is 3.91. The van der Waals surface area contributed by atoms with Crippen LogP contribution in [0.4, 0.5) is 4.79 Å². The van der Waals surface area contributed by atoms with Crippen LogP contribution in [0.5, 0.6) is 0 Å². The number of halogens is 1. The van der Waals surface area contributed by atoms with Crippen molar-refractivity contribution in [2.45, 2.75) is 25.4 Å². The molecule has 110 valence electrons. The van der Waals surface area contributed by atoms with Gasteiger partial charge in [0.05, 0.1) is 6.54 Å². The van der Waals surface area contributed by atoms with Crippen LogP contribution in [0, 0.1) is 0 Å². The van der Waals surface area contributed by atoms with Crippen molar-refractivity contribution in [1.29, 1.82) is 0 Å². The smallest absolute Gasteiger partial charge is 0.326 e. The number of carboxylic acid groups (broad SMARTS) is 1. The van der Waals surface area contributed by atoms with E-state index in [2.05, 4.69) is 26.6 Å². The zero-order valence-corrected chi connectivity index (χ0v) is 12.8. The number of urea groups is 1. The Bertz CT molecular complexity index is 506. The summed E-state index contributed by atoms with van der Waals surface area (Å²) in [5.41, 5.74) is 4.95. The highest BCUT2D eigenvalue weighted by molar-refractivity contribution is 9.10. The van der Waals surface area contributed by atoms with Crippen LogP contribution in [0.3, 0.4) is 0 Å². The van der Waals surface area contributed by atoms with Gasteiger partial charge in [-0.15, -0.1) is 11.3 Å². The molecule has 0 aromatic carbocycles. The fraction of sp³-hybridized carbons (Fsp3) is 0.364. The number of hydrogen-bond acceptors (Lipinski definition) is 4. The van der Waals surface area contributed by atoms with Crippen molar-refractivity contribution in [2.75, 3.05) is 0 Å². The SMILES string of the molecule is NC(=O)CC[C@H](NC(=O)NCc1sccc1Br)C(=O)O. The number of carboxylic acids is 1. The Labute approximate surface area is 127 Å². The molecule has 0 aliphatic heterocycles. The zero-order valence-electron chi connectivity index (χ0n) is 10.4. The molecular weight excluding hydrogens is 350 g/mol. The summed E-state index contributed by atoms with van der Waals surface area (Å²) in [4.78, 5) is 34.1. The molecule has 0 bridgehead atoms. The van der Waals surface area contributed by atoms with Crippen molar-refractivity contribution in [3.63, 3.8) is 0 Å². The van der Waals surface area contributed by atoms with Gasteiger partial charge in [-0.3, -0.25) is 4.79 Å². The molecule has 1 aromatic heterocycles. The number of nitrogens with two attached hydrogens (primary N) is 1. The van der Waals surface area contributed by atoms with Gasteiger partial charge in [-0.25, -0.2) is 9.59 Å². The third-order valence-electron chi connectivity index (χ3n) is 2.38. The summed E-state index contributed by atoms with van der Waals surface area (Å²) in [5, 5.41) is 15.6. The fourth-order valence-corrected chi connectivity index (χ4v) is 2.80. The van der Waals surface area contributed by atoms with Gasteiger partial charge in [0.15, 0.2) is 0 Å². The Kier molecular flexibility index (Phi) is 6.46. The normalized spacial score (nSPS) is 11.7. The van der Waals surface area contributed by atoms with E-state index in [9.17, 15) is 14.4 Å². The Morgan fingerprint density at radius 3 is 2.65 bits per heavy atom. The first-order valence-corrected chi connectivity index (χ1v) is 7.34. The zero-order chi connectivity index (χ0) is 15.1. The summed E-state index contributed by atoms with van der Waals surface area (Å²) in [6.07, 6.45) is -0.144. The first-order valence-electron chi connectivity index (χ1n) is 5.67. The number of aliphatic carboxylic acids is 1. The highest BCUT2D eigenvalue weighted by atomic mass is 79.9. The van der Waals surface area contributed by atoms with Crippen molar-refractivity contribution < 1.29 is 19.5 Å². The summed E-state index contributed by atoms with van der Waals surface area (Å²) in [6, 6.07) is 0.100. The third kappa shape index (κ3) is 5.57. The lowest BCUT2D eigenvalue weighted by Crippen LogP contribution is -2.46. The molecule has 0 saturated heterocycles. The summed E-state index contributed by atoms with van der Waals surface area (Å²) < 4.78 is 0.881. The Morgan fingerprint density at radius 2 is 2.15 bits per heavy atom. The molecule has 0 unspecified atom stereocenters. The monoisotopic (exact) mass is 363 g/mol. The van der Waals surface area contributed by atoms with Gasteiger partial charge in [0.2, 0.25) is 5.91 Å². The molecular formula is C11H14BrN3O4S. The van der Waals surface area contributed by atoms with E-state index in [4.69, 9.17) is 10.8 Å². The van der Waals surface area contributed by atoms with Crippen molar-refractivity contribution in [2.24, 2.45) is 5.73 Å². The number of nitrogens with one attached hydrogen (secondary N) is 2. The van der Waals surface area contributed by atoms with Crippen molar-refractivity contribution in [3.05, 3.63) is 20.8 Å². The number of hydrogen-bond donors (Lipinski definition) is 4. The number of rotatable bonds is 7. The average Bonchev–Trinajstić information content (AvgIpc) is 2.77. The molecule has 3 amide bonds. The average molecular weight is 364 g/mol. The molecule has 7 nitrogen and oxygen atoms in total. The van der Waals surface area contributed by atoms with E-state index in [1.807, 2.05) is 11.4 Å². The van der Waals surface area contributed by atoms with E-state index in [1.54, 1.807) is 0 Å². The molecule has 0 spiro atoms. The van der Waals surface area contributed by atoms with E-state index in [0.29, 0.717) is 0 Å². The van der Waals surface area contributed by atoms with Gasteiger partial charge in [-0.1, -0.05) is 0 Å². The van der Waals surface area contributed by atoms with Crippen LogP contribution in [0.15, 0.2) is 15.9 Å². The quantitative estimate of drug-likeness (QED) is 0.577. The first-order chi connectivity index (χ1) is 9.40. The molecule has 1 atom stereocenters. The molecule has 0 saturated carbocycles. The number of thiophene rings is 1. The Hall–Kier alpha value is -1.61. The summed E-state index contributed by atoms with van der Waals surface area (Å²) >= 11 is 4.79. The van der Waals surface area contributed by atoms with E-state index in [1.165, 1.54) is 11.3 Å². The predicted octanol–water partition coefficient (Wildman–Crippen LogP) is 1.03. The van der Waals surface area contributed by atoms with Crippen LogP contribution in [-0.4, -0.2) is 29.1 Å². The lowest BCUT2D eigenvalue weighted by atomic mass is 10.1. The molecule has 0 radical (unpaired) electrons. The van der Waals surface area contributed by atoms with Crippen LogP contribution in [0.25, 0.3) is 0 Å². The van der Waals surface area contributed by atoms with Gasteiger partial charge < -0.3 is 21.5 Å². The summed E-state index contributed by atoms with van der Waals surface area (Å²) in [7, 11) is 0. The third-order valence-corrected chi connectivity index (χ3v) is 4.31. The molecule has 5 N–H and O–H groups in total. The van der Waals surface area contributed by atoms with E-state index in [0.717, 1.165) is 9.35 Å². The molecule has 0 aliphatic rings. The van der Waals surface area contributed by atoms with Crippen molar-refractivity contribution in [1.82, 2.24) is 10.6 Å². The topological polar surface area (TPSA) is 122 Å². The van der Waals surface area contributed by atoms with Crippen LogP contribution in [0.2, 0.25) is 0 Å². The van der Waals surface area contributed by atoms with E-state index in [-0.39, 0.29) is 19.4 Å². The van der Waals surface area contributed by atoms with Crippen LogP contribution in [0.1, 0.15) is 17.7 Å². The molecule has 1 aromatic rings. The highest BCUT2D eigenvalue weighted by Gasteiger charge is 2.20. The maximum Gasteiger partial charge on any atom is 0.326 e. The second-order valence-corrected chi connectivity index (χ2v) is 5.77. The molecule has 9 heteroatoms. The summed E-state index contributed by atoms with van der Waals surface area (Å²) in [6.45, 7) is 0.284. The minimum atomic E-state index is -1.21. The van der Waals surface area contributed by atoms with Crippen molar-refractivity contribution >= 4 is 45.2 Å². The maximum absolute atomic E-state index is 11.6. The number of carbonyl (C=O) groups excluding carboxylic acids is 2. The van der Waals surface area contributed by atoms with Gasteiger partial charge in [0.1, 0.15) is 6.04 Å². The number of amides is 3. The lowest BCUT2D eigenvalue weighted by Gasteiger charge is -2.14. The first kappa shape index (κ1) is 16.4. The van der Waals surface area contributed by atoms with Gasteiger partial charge in [-0.05, 0) is 33.8 Å². The molecule has 0 fully saturated rings. The Morgan fingerprint density at radius 1 is 1.45 bits per heavy atom. The van der Waals surface area contributed by atoms with Crippen LogP contribution < -0.4 is 16.4 Å². The maximum atomic E-state index is 11.6. The lowest BCUT2D eigenvalue weighted by molar-refractivity contribution is -0.139. The molecule has 1 heterocycles. The van der Waals surface area contributed by atoms with Gasteiger partial charge >= 0.3 is 12.0 Å². The largest absolute Gasteiger partial charge is 0.480 e. The predicted molar refractivity (Wildman–Crippen MR) is 77.2 cm³/mol. The van der Waals surface area contributed by atoms with Crippen molar-refractivity contribution in [3.8, 4) is 0 Å². The summed E-state index contributed by atoms with van der Waals surface area (Å²) in [5.74, 6) is -1.82. The highest BCUT2D eigenvalue weighted by Crippen LogP contribution is 2.21. The fourth-order valence-electron chi connectivity index (χ4n) is 1.37. The van der Waals surface area contributed by atoms with Crippen LogP contribution in [-0.2, 0) is 16.1 Å². The molecule has 0 aliphatic carbocycles. The van der Waals surface area contributed by atoms with E-state index >= 15 is 0 Å². The van der Waals surface area contributed by atoms with E-state index < -0.39 is 23.9 Å². The number of primary amides is 1. The number of carbonyl (C=O) groups is 3. The molecule has 20 heavy (non-hydrogen) atoms. The van der Waals surface area contributed by atoms with Gasteiger partial charge in [-0.2, -0.15) is 0 Å². The van der Waals surface area contributed by atoms with Crippen LogP contribution >= 0.6 is 27.3 Å². The second kappa shape index (κ2) is 7.85.